The van der Waals surface area contributed by atoms with Crippen LogP contribution in [-0.2, 0) is 0 Å². The van der Waals surface area contributed by atoms with Crippen molar-refractivity contribution in [2.75, 3.05) is 0 Å². The fourth-order valence-electron chi connectivity index (χ4n) is 1.44. The van der Waals surface area contributed by atoms with Gasteiger partial charge in [0.05, 0.1) is 5.02 Å². The molecule has 2 aromatic carbocycles. The zero-order valence-corrected chi connectivity index (χ0v) is 11.1. The van der Waals surface area contributed by atoms with E-state index in [4.69, 9.17) is 27.9 Å². The fourth-order valence-corrected chi connectivity index (χ4v) is 1.89. The Labute approximate surface area is 115 Å². The van der Waals surface area contributed by atoms with Gasteiger partial charge in [-0.2, -0.15) is 0 Å². The molecule has 0 bridgehead atoms. The molecule has 2 aromatic rings. The van der Waals surface area contributed by atoms with E-state index >= 15 is 0 Å². The molecule has 0 fully saturated rings. The first-order chi connectivity index (χ1) is 8.56. The van der Waals surface area contributed by atoms with E-state index in [1.165, 1.54) is 6.92 Å². The van der Waals surface area contributed by atoms with Gasteiger partial charge >= 0.3 is 0 Å². The Bertz CT molecular complexity index is 577. The van der Waals surface area contributed by atoms with Crippen LogP contribution in [0.25, 0.3) is 0 Å². The standard InChI is InChI=1S/C14H10Cl2O2/c1-9(17)10-2-5-12(6-3-10)18-14-7-4-11(15)8-13(14)16/h2-8H,1H3. The molecule has 0 unspecified atom stereocenters. The maximum absolute atomic E-state index is 11.1. The number of benzene rings is 2. The number of carbonyl (C=O) groups excluding carboxylic acids is 1. The first kappa shape index (κ1) is 12.9. The zero-order valence-electron chi connectivity index (χ0n) is 9.61. The average molecular weight is 281 g/mol. The van der Waals surface area contributed by atoms with Gasteiger partial charge in [-0.25, -0.2) is 0 Å². The van der Waals surface area contributed by atoms with Gasteiger partial charge in [0.2, 0.25) is 0 Å². The Morgan fingerprint density at radius 2 is 1.72 bits per heavy atom. The van der Waals surface area contributed by atoms with Gasteiger partial charge in [-0.3, -0.25) is 4.79 Å². The molecule has 0 N–H and O–H groups in total. The Balaban J connectivity index is 2.21. The van der Waals surface area contributed by atoms with Crippen molar-refractivity contribution in [2.24, 2.45) is 0 Å². The van der Waals surface area contributed by atoms with Gasteiger partial charge < -0.3 is 4.74 Å². The number of hydrogen-bond donors (Lipinski definition) is 0. The number of halogens is 2. The summed E-state index contributed by atoms with van der Waals surface area (Å²) in [6.45, 7) is 1.52. The van der Waals surface area contributed by atoms with Crippen molar-refractivity contribution < 1.29 is 9.53 Å². The van der Waals surface area contributed by atoms with E-state index in [2.05, 4.69) is 0 Å². The molecule has 0 saturated carbocycles. The quantitative estimate of drug-likeness (QED) is 0.741. The third-order valence-corrected chi connectivity index (χ3v) is 2.91. The van der Waals surface area contributed by atoms with Crippen LogP contribution in [0.5, 0.6) is 11.5 Å². The second kappa shape index (κ2) is 5.42. The van der Waals surface area contributed by atoms with E-state index in [1.54, 1.807) is 42.5 Å². The molecular weight excluding hydrogens is 271 g/mol. The van der Waals surface area contributed by atoms with Crippen LogP contribution in [0.15, 0.2) is 42.5 Å². The minimum absolute atomic E-state index is 0.0195. The molecule has 4 heteroatoms. The molecule has 0 saturated heterocycles. The van der Waals surface area contributed by atoms with E-state index in [0.29, 0.717) is 27.1 Å². The van der Waals surface area contributed by atoms with E-state index in [-0.39, 0.29) is 5.78 Å². The summed E-state index contributed by atoms with van der Waals surface area (Å²) in [6, 6.07) is 11.9. The Morgan fingerprint density at radius 3 is 2.28 bits per heavy atom. The molecule has 0 aliphatic rings. The lowest BCUT2D eigenvalue weighted by Crippen LogP contribution is -1.91. The molecule has 0 amide bonds. The van der Waals surface area contributed by atoms with Crippen LogP contribution >= 0.6 is 23.2 Å². The molecule has 0 radical (unpaired) electrons. The van der Waals surface area contributed by atoms with Crippen LogP contribution in [0.2, 0.25) is 10.0 Å². The molecule has 0 spiro atoms. The lowest BCUT2D eigenvalue weighted by Gasteiger charge is -2.08. The molecule has 0 aromatic heterocycles. The van der Waals surface area contributed by atoms with Crippen molar-refractivity contribution in [1.29, 1.82) is 0 Å². The summed E-state index contributed by atoms with van der Waals surface area (Å²) in [5, 5.41) is 0.998. The number of hydrogen-bond acceptors (Lipinski definition) is 2. The minimum Gasteiger partial charge on any atom is -0.456 e. The highest BCUT2D eigenvalue weighted by atomic mass is 35.5. The minimum atomic E-state index is 0.0195. The summed E-state index contributed by atoms with van der Waals surface area (Å²) in [7, 11) is 0. The average Bonchev–Trinajstić information content (AvgIpc) is 2.33. The molecule has 0 aliphatic carbocycles. The first-order valence-electron chi connectivity index (χ1n) is 5.30. The van der Waals surface area contributed by atoms with E-state index in [9.17, 15) is 4.79 Å². The SMILES string of the molecule is CC(=O)c1ccc(Oc2ccc(Cl)cc2Cl)cc1. The summed E-state index contributed by atoms with van der Waals surface area (Å²) in [5.74, 6) is 1.16. The normalized spacial score (nSPS) is 10.2. The van der Waals surface area contributed by atoms with Crippen molar-refractivity contribution in [3.63, 3.8) is 0 Å². The van der Waals surface area contributed by atoms with Crippen LogP contribution in [0.1, 0.15) is 17.3 Å². The monoisotopic (exact) mass is 280 g/mol. The van der Waals surface area contributed by atoms with Crippen LogP contribution in [0, 0.1) is 0 Å². The topological polar surface area (TPSA) is 26.3 Å². The molecule has 92 valence electrons. The number of Topliss-reactive ketones (excluding diaryl/α,β-unsaturated/α-hetero) is 1. The fraction of sp³-hybridized carbons (Fsp3) is 0.0714. The summed E-state index contributed by atoms with van der Waals surface area (Å²) in [4.78, 5) is 11.1. The van der Waals surface area contributed by atoms with Crippen molar-refractivity contribution in [3.05, 3.63) is 58.1 Å². The van der Waals surface area contributed by atoms with Crippen molar-refractivity contribution in [1.82, 2.24) is 0 Å². The van der Waals surface area contributed by atoms with E-state index in [1.807, 2.05) is 0 Å². The number of rotatable bonds is 3. The summed E-state index contributed by atoms with van der Waals surface area (Å²) in [6.07, 6.45) is 0. The van der Waals surface area contributed by atoms with E-state index in [0.717, 1.165) is 0 Å². The van der Waals surface area contributed by atoms with Crippen LogP contribution < -0.4 is 4.74 Å². The van der Waals surface area contributed by atoms with Crippen LogP contribution in [-0.4, -0.2) is 5.78 Å². The zero-order chi connectivity index (χ0) is 13.1. The maximum atomic E-state index is 11.1. The highest BCUT2D eigenvalue weighted by molar-refractivity contribution is 6.35. The second-order valence-electron chi connectivity index (χ2n) is 3.76. The van der Waals surface area contributed by atoms with Crippen molar-refractivity contribution in [3.8, 4) is 11.5 Å². The number of ether oxygens (including phenoxy) is 1. The van der Waals surface area contributed by atoms with Gasteiger partial charge in [0.25, 0.3) is 0 Å². The van der Waals surface area contributed by atoms with Gasteiger partial charge in [0, 0.05) is 10.6 Å². The highest BCUT2D eigenvalue weighted by Crippen LogP contribution is 2.31. The van der Waals surface area contributed by atoms with Crippen molar-refractivity contribution in [2.45, 2.75) is 6.92 Å². The Hall–Kier alpha value is -1.51. The molecule has 18 heavy (non-hydrogen) atoms. The molecular formula is C14H10Cl2O2. The van der Waals surface area contributed by atoms with Gasteiger partial charge in [0.1, 0.15) is 11.5 Å². The summed E-state index contributed by atoms with van der Waals surface area (Å²) in [5.41, 5.74) is 0.643. The Kier molecular flexibility index (Phi) is 3.90. The first-order valence-corrected chi connectivity index (χ1v) is 6.06. The smallest absolute Gasteiger partial charge is 0.159 e. The predicted molar refractivity (Wildman–Crippen MR) is 73.0 cm³/mol. The third kappa shape index (κ3) is 3.03. The lowest BCUT2D eigenvalue weighted by atomic mass is 10.1. The molecule has 2 rings (SSSR count). The van der Waals surface area contributed by atoms with Crippen molar-refractivity contribution >= 4 is 29.0 Å². The molecule has 0 atom stereocenters. The third-order valence-electron chi connectivity index (χ3n) is 2.38. The van der Waals surface area contributed by atoms with Gasteiger partial charge in [-0.1, -0.05) is 23.2 Å². The summed E-state index contributed by atoms with van der Waals surface area (Å²) < 4.78 is 5.60. The predicted octanol–water partition coefficient (Wildman–Crippen LogP) is 4.99. The molecule has 0 heterocycles. The van der Waals surface area contributed by atoms with Crippen LogP contribution in [0.3, 0.4) is 0 Å². The Morgan fingerprint density at radius 1 is 1.06 bits per heavy atom. The van der Waals surface area contributed by atoms with Gasteiger partial charge in [-0.05, 0) is 49.4 Å². The van der Waals surface area contributed by atoms with Gasteiger partial charge in [-0.15, -0.1) is 0 Å². The second-order valence-corrected chi connectivity index (χ2v) is 4.60. The summed E-state index contributed by atoms with van der Waals surface area (Å²) >= 11 is 11.8. The molecule has 0 aliphatic heterocycles. The van der Waals surface area contributed by atoms with Gasteiger partial charge in [0.15, 0.2) is 5.78 Å². The largest absolute Gasteiger partial charge is 0.456 e. The maximum Gasteiger partial charge on any atom is 0.159 e. The lowest BCUT2D eigenvalue weighted by molar-refractivity contribution is 0.101. The highest BCUT2D eigenvalue weighted by Gasteiger charge is 2.05. The number of ketones is 1. The van der Waals surface area contributed by atoms with Crippen LogP contribution in [0.4, 0.5) is 0 Å². The van der Waals surface area contributed by atoms with E-state index < -0.39 is 0 Å². The molecule has 2 nitrogen and oxygen atoms in total. The number of carbonyl (C=O) groups is 1.